The fourth-order valence-corrected chi connectivity index (χ4v) is 2.60. The second-order valence-electron chi connectivity index (χ2n) is 5.03. The van der Waals surface area contributed by atoms with Crippen molar-refractivity contribution < 1.29 is 0 Å². The smallest absolute Gasteiger partial charge is 0.138 e. The molecule has 0 spiro atoms. The number of para-hydroxylation sites is 2. The number of nitrogens with zero attached hydrogens (tertiary/aromatic N) is 3. The van der Waals surface area contributed by atoms with Crippen molar-refractivity contribution in [3.63, 3.8) is 0 Å². The first-order chi connectivity index (χ1) is 10.2. The van der Waals surface area contributed by atoms with Crippen LogP contribution >= 0.6 is 0 Å². The molecule has 0 aliphatic carbocycles. The van der Waals surface area contributed by atoms with Crippen LogP contribution in [0.25, 0.3) is 11.0 Å². The zero-order valence-electron chi connectivity index (χ0n) is 12.6. The van der Waals surface area contributed by atoms with Gasteiger partial charge >= 0.3 is 0 Å². The molecule has 0 bridgehead atoms. The van der Waals surface area contributed by atoms with Crippen LogP contribution in [0.2, 0.25) is 0 Å². The molecule has 0 saturated heterocycles. The predicted molar refractivity (Wildman–Crippen MR) is 84.6 cm³/mol. The Bertz CT molecular complexity index is 742. The Hall–Kier alpha value is -2.43. The highest BCUT2D eigenvalue weighted by Gasteiger charge is 2.11. The van der Waals surface area contributed by atoms with Crippen molar-refractivity contribution >= 4 is 16.9 Å². The molecule has 1 aromatic carbocycles. The molecule has 2 heterocycles. The van der Waals surface area contributed by atoms with E-state index in [9.17, 15) is 0 Å². The summed E-state index contributed by atoms with van der Waals surface area (Å²) in [5.41, 5.74) is 4.22. The van der Waals surface area contributed by atoms with E-state index < -0.39 is 0 Å². The number of anilines is 1. The van der Waals surface area contributed by atoms with Gasteiger partial charge in [0.2, 0.25) is 0 Å². The van der Waals surface area contributed by atoms with Crippen molar-refractivity contribution in [2.75, 3.05) is 12.4 Å². The van der Waals surface area contributed by atoms with Crippen LogP contribution in [0.5, 0.6) is 0 Å². The Morgan fingerprint density at radius 1 is 1.14 bits per heavy atom. The Balaban J connectivity index is 1.95. The Morgan fingerprint density at radius 2 is 1.95 bits per heavy atom. The van der Waals surface area contributed by atoms with Crippen molar-refractivity contribution in [3.05, 3.63) is 47.2 Å². The summed E-state index contributed by atoms with van der Waals surface area (Å²) in [6.07, 6.45) is 1.53. The monoisotopic (exact) mass is 281 g/mol. The quantitative estimate of drug-likeness (QED) is 0.771. The maximum atomic E-state index is 4.61. The number of fused-ring (bicyclic) bond motifs is 1. The first kappa shape index (κ1) is 13.5. The van der Waals surface area contributed by atoms with E-state index in [1.54, 1.807) is 0 Å². The van der Waals surface area contributed by atoms with E-state index in [-0.39, 0.29) is 0 Å². The minimum atomic E-state index is 0.605. The number of aromatic nitrogens is 4. The van der Waals surface area contributed by atoms with E-state index in [1.165, 1.54) is 5.56 Å². The molecule has 0 atom stereocenters. The molecule has 3 aromatic rings. The molecular weight excluding hydrogens is 262 g/mol. The second-order valence-corrected chi connectivity index (χ2v) is 5.03. The van der Waals surface area contributed by atoms with E-state index in [1.807, 2.05) is 38.2 Å². The fraction of sp³-hybridized carbons (Fsp3) is 0.312. The van der Waals surface area contributed by atoms with Gasteiger partial charge in [-0.3, -0.25) is 0 Å². The minimum Gasteiger partial charge on any atom is -0.373 e. The SMILES string of the molecule is CCc1c(C)nc(Cc2nc3ccccc3[nH]2)nc1NC. The van der Waals surface area contributed by atoms with Gasteiger partial charge in [-0.25, -0.2) is 15.0 Å². The Morgan fingerprint density at radius 3 is 2.67 bits per heavy atom. The number of nitrogens with one attached hydrogen (secondary N) is 2. The van der Waals surface area contributed by atoms with Crippen molar-refractivity contribution in [1.82, 2.24) is 19.9 Å². The zero-order valence-corrected chi connectivity index (χ0v) is 12.6. The molecule has 0 unspecified atom stereocenters. The predicted octanol–water partition coefficient (Wildman–Crippen LogP) is 2.86. The summed E-state index contributed by atoms with van der Waals surface area (Å²) in [7, 11) is 1.89. The van der Waals surface area contributed by atoms with Crippen molar-refractivity contribution in [2.45, 2.75) is 26.7 Å². The molecule has 0 aliphatic rings. The third-order valence-corrected chi connectivity index (χ3v) is 3.61. The zero-order chi connectivity index (χ0) is 14.8. The molecule has 21 heavy (non-hydrogen) atoms. The number of benzene rings is 1. The molecule has 3 rings (SSSR count). The lowest BCUT2D eigenvalue weighted by atomic mass is 10.1. The second kappa shape index (κ2) is 5.52. The number of hydrogen-bond donors (Lipinski definition) is 2. The van der Waals surface area contributed by atoms with Crippen LogP contribution in [0.3, 0.4) is 0 Å². The van der Waals surface area contributed by atoms with E-state index >= 15 is 0 Å². The lowest BCUT2D eigenvalue weighted by molar-refractivity contribution is 0.879. The first-order valence-corrected chi connectivity index (χ1v) is 7.19. The number of aromatic amines is 1. The summed E-state index contributed by atoms with van der Waals surface area (Å²) in [6, 6.07) is 8.01. The van der Waals surface area contributed by atoms with Crippen LogP contribution in [0.4, 0.5) is 5.82 Å². The summed E-state index contributed by atoms with van der Waals surface area (Å²) in [5, 5.41) is 3.16. The topological polar surface area (TPSA) is 66.5 Å². The van der Waals surface area contributed by atoms with Crippen LogP contribution in [0.1, 0.15) is 29.8 Å². The van der Waals surface area contributed by atoms with Crippen molar-refractivity contribution in [1.29, 1.82) is 0 Å². The average Bonchev–Trinajstić information content (AvgIpc) is 2.88. The minimum absolute atomic E-state index is 0.605. The van der Waals surface area contributed by atoms with Gasteiger partial charge in [-0.1, -0.05) is 19.1 Å². The molecule has 5 heteroatoms. The first-order valence-electron chi connectivity index (χ1n) is 7.19. The standard InChI is InChI=1S/C16H19N5/c1-4-11-10(2)18-14(21-16(11)17-3)9-15-19-12-7-5-6-8-13(12)20-15/h5-8H,4,9H2,1-3H3,(H,19,20)(H,17,18,21). The van der Waals surface area contributed by atoms with E-state index in [0.717, 1.165) is 40.6 Å². The van der Waals surface area contributed by atoms with Gasteiger partial charge in [0.15, 0.2) is 0 Å². The number of rotatable bonds is 4. The molecule has 108 valence electrons. The number of H-pyrrole nitrogens is 1. The molecular formula is C16H19N5. The average molecular weight is 281 g/mol. The molecule has 0 fully saturated rings. The highest BCUT2D eigenvalue weighted by molar-refractivity contribution is 5.74. The summed E-state index contributed by atoms with van der Waals surface area (Å²) < 4.78 is 0. The summed E-state index contributed by atoms with van der Waals surface area (Å²) in [6.45, 7) is 4.15. The van der Waals surface area contributed by atoms with Crippen LogP contribution in [0.15, 0.2) is 24.3 Å². The number of hydrogen-bond acceptors (Lipinski definition) is 4. The molecule has 0 saturated carbocycles. The maximum Gasteiger partial charge on any atom is 0.138 e. The van der Waals surface area contributed by atoms with E-state index in [0.29, 0.717) is 6.42 Å². The fourth-order valence-electron chi connectivity index (χ4n) is 2.60. The van der Waals surface area contributed by atoms with Crippen LogP contribution in [-0.4, -0.2) is 27.0 Å². The number of imidazole rings is 1. The third-order valence-electron chi connectivity index (χ3n) is 3.61. The summed E-state index contributed by atoms with van der Waals surface area (Å²) >= 11 is 0. The molecule has 5 nitrogen and oxygen atoms in total. The van der Waals surface area contributed by atoms with Gasteiger partial charge in [-0.15, -0.1) is 0 Å². The van der Waals surface area contributed by atoms with Gasteiger partial charge in [0.05, 0.1) is 17.5 Å². The van der Waals surface area contributed by atoms with Crippen molar-refractivity contribution in [2.24, 2.45) is 0 Å². The highest BCUT2D eigenvalue weighted by Crippen LogP contribution is 2.18. The Labute approximate surface area is 123 Å². The number of aryl methyl sites for hydroxylation is 1. The lowest BCUT2D eigenvalue weighted by Crippen LogP contribution is -2.08. The van der Waals surface area contributed by atoms with Crippen LogP contribution in [0, 0.1) is 6.92 Å². The normalized spacial score (nSPS) is 11.0. The summed E-state index contributed by atoms with van der Waals surface area (Å²) in [4.78, 5) is 17.1. The maximum absolute atomic E-state index is 4.61. The Kier molecular flexibility index (Phi) is 3.56. The van der Waals surface area contributed by atoms with Gasteiger partial charge in [-0.05, 0) is 25.5 Å². The molecule has 2 aromatic heterocycles. The molecule has 0 amide bonds. The lowest BCUT2D eigenvalue weighted by Gasteiger charge is -2.10. The van der Waals surface area contributed by atoms with Gasteiger partial charge in [0, 0.05) is 18.3 Å². The van der Waals surface area contributed by atoms with E-state index in [2.05, 4.69) is 32.2 Å². The third kappa shape index (κ3) is 2.59. The van der Waals surface area contributed by atoms with Gasteiger partial charge in [-0.2, -0.15) is 0 Å². The molecule has 2 N–H and O–H groups in total. The summed E-state index contributed by atoms with van der Waals surface area (Å²) in [5.74, 6) is 2.59. The molecule has 0 aliphatic heterocycles. The van der Waals surface area contributed by atoms with Crippen LogP contribution in [-0.2, 0) is 12.8 Å². The van der Waals surface area contributed by atoms with Gasteiger partial charge in [0.25, 0.3) is 0 Å². The van der Waals surface area contributed by atoms with Gasteiger partial charge in [0.1, 0.15) is 17.5 Å². The van der Waals surface area contributed by atoms with Gasteiger partial charge < -0.3 is 10.3 Å². The highest BCUT2D eigenvalue weighted by atomic mass is 15.0. The largest absolute Gasteiger partial charge is 0.373 e. The van der Waals surface area contributed by atoms with Crippen LogP contribution < -0.4 is 5.32 Å². The molecule has 0 radical (unpaired) electrons. The van der Waals surface area contributed by atoms with Crippen molar-refractivity contribution in [3.8, 4) is 0 Å². The van der Waals surface area contributed by atoms with E-state index in [4.69, 9.17) is 0 Å².